The molecule has 2 aromatic heterocycles. The number of nitrogens with zero attached hydrogens (tertiary/aromatic N) is 4. The number of carbonyl (C=O) groups is 1. The van der Waals surface area contributed by atoms with Crippen LogP contribution in [0.3, 0.4) is 0 Å². The number of thiophene rings is 1. The van der Waals surface area contributed by atoms with Crippen LogP contribution < -0.4 is 5.32 Å². The number of benzene rings is 2. The van der Waals surface area contributed by atoms with Crippen LogP contribution in [0.2, 0.25) is 5.02 Å². The Balaban J connectivity index is 1.48. The van der Waals surface area contributed by atoms with Gasteiger partial charge in [-0.2, -0.15) is 0 Å². The van der Waals surface area contributed by atoms with E-state index in [2.05, 4.69) is 36.1 Å². The smallest absolute Gasteiger partial charge is 0.283 e. The summed E-state index contributed by atoms with van der Waals surface area (Å²) < 4.78 is 0. The van der Waals surface area contributed by atoms with E-state index in [1.54, 1.807) is 61.1 Å². The van der Waals surface area contributed by atoms with Crippen LogP contribution in [0, 0.1) is 21.4 Å². The molecule has 1 atom stereocenters. The molecule has 8 nitrogen and oxygen atoms in total. The van der Waals surface area contributed by atoms with Gasteiger partial charge in [0, 0.05) is 40.3 Å². The summed E-state index contributed by atoms with van der Waals surface area (Å²) in [4.78, 5) is 39.6. The highest BCUT2D eigenvalue weighted by Gasteiger charge is 2.33. The second kappa shape index (κ2) is 12.1. The zero-order chi connectivity index (χ0) is 29.1. The van der Waals surface area contributed by atoms with E-state index in [0.717, 1.165) is 36.6 Å². The number of nitro groups is 1. The van der Waals surface area contributed by atoms with Crippen molar-refractivity contribution in [2.75, 3.05) is 5.32 Å². The number of amides is 1. The van der Waals surface area contributed by atoms with Gasteiger partial charge in [0.05, 0.1) is 15.4 Å². The summed E-state index contributed by atoms with van der Waals surface area (Å²) in [5.74, 6) is 0.269. The maximum atomic E-state index is 13.6. The summed E-state index contributed by atoms with van der Waals surface area (Å²) in [6, 6.07) is 13.6. The molecule has 4 aromatic rings. The van der Waals surface area contributed by atoms with Crippen LogP contribution in [0.4, 0.5) is 16.4 Å². The lowest BCUT2D eigenvalue weighted by Crippen LogP contribution is -2.27. The average Bonchev–Trinajstić information content (AvgIpc) is 3.31. The minimum absolute atomic E-state index is 0.0643. The Morgan fingerprint density at radius 1 is 1.20 bits per heavy atom. The number of nitro benzene ring substituents is 1. The van der Waals surface area contributed by atoms with Gasteiger partial charge >= 0.3 is 0 Å². The molecule has 0 spiro atoms. The summed E-state index contributed by atoms with van der Waals surface area (Å²) in [7, 11) is 0. The molecule has 210 valence electrons. The first-order valence-electron chi connectivity index (χ1n) is 13.1. The fourth-order valence-corrected chi connectivity index (χ4v) is 6.97. The van der Waals surface area contributed by atoms with Crippen LogP contribution in [0.1, 0.15) is 53.6 Å². The summed E-state index contributed by atoms with van der Waals surface area (Å²) in [6.07, 6.45) is 7.44. The maximum absolute atomic E-state index is 13.6. The highest BCUT2D eigenvalue weighted by Crippen LogP contribution is 2.45. The third-order valence-corrected chi connectivity index (χ3v) is 9.43. The summed E-state index contributed by atoms with van der Waals surface area (Å²) in [5, 5.41) is 16.5. The van der Waals surface area contributed by atoms with E-state index in [1.807, 2.05) is 0 Å². The van der Waals surface area contributed by atoms with Gasteiger partial charge in [-0.15, -0.1) is 11.3 Å². The Morgan fingerprint density at radius 2 is 1.93 bits per heavy atom. The number of fused-ring (bicyclic) bond motifs is 1. The highest BCUT2D eigenvalue weighted by molar-refractivity contribution is 7.99. The predicted molar refractivity (Wildman–Crippen MR) is 165 cm³/mol. The second-order valence-electron chi connectivity index (χ2n) is 10.8. The fraction of sp³-hybridized carbons (Fsp3) is 0.267. The highest BCUT2D eigenvalue weighted by atomic mass is 35.5. The van der Waals surface area contributed by atoms with Gasteiger partial charge in [0.2, 0.25) is 0 Å². The van der Waals surface area contributed by atoms with Crippen LogP contribution in [-0.2, 0) is 12.8 Å². The molecule has 0 fully saturated rings. The fourth-order valence-electron chi connectivity index (χ4n) is 4.78. The number of anilines is 1. The molecule has 1 aliphatic carbocycles. The van der Waals surface area contributed by atoms with Crippen molar-refractivity contribution < 1.29 is 9.72 Å². The van der Waals surface area contributed by atoms with Crippen molar-refractivity contribution in [3.05, 3.63) is 97.6 Å². The molecule has 1 N–H and O–H groups in total. The van der Waals surface area contributed by atoms with Gasteiger partial charge in [-0.25, -0.2) is 15.0 Å². The van der Waals surface area contributed by atoms with E-state index in [4.69, 9.17) is 16.6 Å². The molecule has 2 aromatic carbocycles. The zero-order valence-corrected chi connectivity index (χ0v) is 25.1. The van der Waals surface area contributed by atoms with Crippen LogP contribution in [-0.4, -0.2) is 27.0 Å². The Labute approximate surface area is 251 Å². The number of hydrogen-bond acceptors (Lipinski definition) is 8. The standard InChI is InChI=1S/C30H28ClN5O3S2/c1-30(2,3)19-6-11-22-25(16-19)40-28(26(22)27(37)35-21-9-7-20(31)8-10-21)34-17-18-5-12-24(23(15-18)36(38)39)41-29-32-13-4-14-33-29/h4-5,7-10,12-15,17,19H,6,11,16H2,1-3H3,(H,35,37)/t19-/m0/s1. The lowest BCUT2D eigenvalue weighted by atomic mass is 9.72. The van der Waals surface area contributed by atoms with E-state index < -0.39 is 4.92 Å². The van der Waals surface area contributed by atoms with Crippen LogP contribution in [0.25, 0.3) is 0 Å². The van der Waals surface area contributed by atoms with Gasteiger partial charge in [0.15, 0.2) is 5.16 Å². The minimum Gasteiger partial charge on any atom is -0.322 e. The molecular weight excluding hydrogens is 578 g/mol. The number of hydrogen-bond donors (Lipinski definition) is 1. The topological polar surface area (TPSA) is 110 Å². The molecule has 0 bridgehead atoms. The molecule has 0 saturated carbocycles. The largest absolute Gasteiger partial charge is 0.322 e. The van der Waals surface area contributed by atoms with Crippen molar-refractivity contribution in [2.24, 2.45) is 16.3 Å². The normalized spacial score (nSPS) is 15.1. The van der Waals surface area contributed by atoms with E-state index >= 15 is 0 Å². The van der Waals surface area contributed by atoms with E-state index in [1.165, 1.54) is 22.3 Å². The molecule has 11 heteroatoms. The zero-order valence-electron chi connectivity index (χ0n) is 22.8. The molecule has 2 heterocycles. The van der Waals surface area contributed by atoms with Crippen molar-refractivity contribution in [2.45, 2.75) is 50.1 Å². The number of aliphatic imine (C=N–C) groups is 1. The number of halogens is 1. The van der Waals surface area contributed by atoms with Gasteiger partial charge in [0.25, 0.3) is 11.6 Å². The average molecular weight is 606 g/mol. The van der Waals surface area contributed by atoms with Crippen LogP contribution >= 0.6 is 34.7 Å². The lowest BCUT2D eigenvalue weighted by Gasteiger charge is -2.33. The SMILES string of the molecule is CC(C)(C)[C@H]1CCc2c(sc(N=Cc3ccc(Sc4ncccn4)c([N+](=O)[O-])c3)c2C(=O)Nc2ccc(Cl)cc2)C1. The maximum Gasteiger partial charge on any atom is 0.283 e. The molecule has 0 aliphatic heterocycles. The van der Waals surface area contributed by atoms with Crippen molar-refractivity contribution in [3.63, 3.8) is 0 Å². The molecule has 0 radical (unpaired) electrons. The molecule has 0 unspecified atom stereocenters. The van der Waals surface area contributed by atoms with Crippen molar-refractivity contribution in [1.29, 1.82) is 0 Å². The van der Waals surface area contributed by atoms with E-state index in [0.29, 0.717) is 42.8 Å². The number of nitrogens with one attached hydrogen (secondary N) is 1. The minimum atomic E-state index is -0.426. The first-order chi connectivity index (χ1) is 19.6. The Morgan fingerprint density at radius 3 is 2.61 bits per heavy atom. The van der Waals surface area contributed by atoms with E-state index in [9.17, 15) is 14.9 Å². The Kier molecular flexibility index (Phi) is 8.53. The van der Waals surface area contributed by atoms with Gasteiger partial charge in [-0.3, -0.25) is 14.9 Å². The number of rotatable bonds is 7. The van der Waals surface area contributed by atoms with Crippen molar-refractivity contribution in [1.82, 2.24) is 9.97 Å². The summed E-state index contributed by atoms with van der Waals surface area (Å²) in [5.41, 5.74) is 2.88. The van der Waals surface area contributed by atoms with Crippen molar-refractivity contribution >= 4 is 63.2 Å². The summed E-state index contributed by atoms with van der Waals surface area (Å²) in [6.45, 7) is 6.76. The Hall–Kier alpha value is -3.60. The van der Waals surface area contributed by atoms with Gasteiger partial charge in [-0.05, 0) is 89.9 Å². The molecule has 41 heavy (non-hydrogen) atoms. The van der Waals surface area contributed by atoms with Gasteiger partial charge in [-0.1, -0.05) is 38.4 Å². The number of carbonyl (C=O) groups excluding carboxylic acids is 1. The molecule has 0 saturated heterocycles. The summed E-state index contributed by atoms with van der Waals surface area (Å²) >= 11 is 8.67. The quantitative estimate of drug-likeness (QED) is 0.0980. The van der Waals surface area contributed by atoms with Gasteiger partial charge < -0.3 is 5.32 Å². The number of aromatic nitrogens is 2. The van der Waals surface area contributed by atoms with Crippen LogP contribution in [0.5, 0.6) is 0 Å². The molecule has 1 amide bonds. The third-order valence-electron chi connectivity index (χ3n) is 7.05. The van der Waals surface area contributed by atoms with Crippen LogP contribution in [0.15, 0.2) is 76.0 Å². The first kappa shape index (κ1) is 28.9. The molecule has 5 rings (SSSR count). The third kappa shape index (κ3) is 6.83. The Bertz CT molecular complexity index is 1620. The molecular formula is C30H28ClN5O3S2. The lowest BCUT2D eigenvalue weighted by molar-refractivity contribution is -0.387. The first-order valence-corrected chi connectivity index (χ1v) is 15.1. The second-order valence-corrected chi connectivity index (χ2v) is 13.4. The van der Waals surface area contributed by atoms with Gasteiger partial charge in [0.1, 0.15) is 5.00 Å². The van der Waals surface area contributed by atoms with E-state index in [-0.39, 0.29) is 17.0 Å². The monoisotopic (exact) mass is 605 g/mol. The van der Waals surface area contributed by atoms with Crippen molar-refractivity contribution in [3.8, 4) is 0 Å². The molecule has 1 aliphatic rings. The predicted octanol–water partition coefficient (Wildman–Crippen LogP) is 8.40.